The first-order chi connectivity index (χ1) is 5.95. The summed E-state index contributed by atoms with van der Waals surface area (Å²) in [6.07, 6.45) is 5.94. The Labute approximate surface area is 70.6 Å². The van der Waals surface area contributed by atoms with Crippen molar-refractivity contribution in [1.82, 2.24) is 9.97 Å². The maximum atomic E-state index is 5.48. The predicted molar refractivity (Wildman–Crippen MR) is 41.9 cm³/mol. The molecule has 0 aromatic carbocycles. The van der Waals surface area contributed by atoms with Crippen molar-refractivity contribution in [1.29, 1.82) is 0 Å². The normalized spacial score (nSPS) is 22.5. The maximum absolute atomic E-state index is 5.48. The van der Waals surface area contributed by atoms with Gasteiger partial charge in [0.15, 0.2) is 0 Å². The molecule has 2 rings (SSSR count). The minimum Gasteiger partial charge on any atom is -0.471 e. The van der Waals surface area contributed by atoms with Crippen LogP contribution in [0.5, 0.6) is 5.88 Å². The van der Waals surface area contributed by atoms with Crippen LogP contribution in [-0.4, -0.2) is 29.3 Å². The van der Waals surface area contributed by atoms with Crippen LogP contribution in [0.15, 0.2) is 18.6 Å². The minimum atomic E-state index is 0.154. The first-order valence-electron chi connectivity index (χ1n) is 3.95. The van der Waals surface area contributed by atoms with Gasteiger partial charge in [0.2, 0.25) is 5.88 Å². The Bertz CT molecular complexity index is 234. The van der Waals surface area contributed by atoms with Crippen molar-refractivity contribution >= 4 is 0 Å². The van der Waals surface area contributed by atoms with Crippen LogP contribution in [0.4, 0.5) is 0 Å². The molecule has 0 aliphatic carbocycles. The summed E-state index contributed by atoms with van der Waals surface area (Å²) in [5.41, 5.74) is 0. The van der Waals surface area contributed by atoms with Gasteiger partial charge in [0, 0.05) is 18.8 Å². The first kappa shape index (κ1) is 7.49. The molecule has 0 N–H and O–H groups in total. The van der Waals surface area contributed by atoms with E-state index in [2.05, 4.69) is 9.97 Å². The summed E-state index contributed by atoms with van der Waals surface area (Å²) in [6.45, 7) is 1.45. The molecular weight excluding hydrogens is 156 g/mol. The van der Waals surface area contributed by atoms with Crippen LogP contribution in [0.3, 0.4) is 0 Å². The van der Waals surface area contributed by atoms with Gasteiger partial charge in [-0.2, -0.15) is 0 Å². The average Bonchev–Trinajstić information content (AvgIpc) is 2.59. The molecule has 1 atom stereocenters. The maximum Gasteiger partial charge on any atom is 0.232 e. The summed E-state index contributed by atoms with van der Waals surface area (Å²) in [5.74, 6) is 0.577. The van der Waals surface area contributed by atoms with Gasteiger partial charge in [0.05, 0.1) is 19.4 Å². The lowest BCUT2D eigenvalue weighted by molar-refractivity contribution is 0.137. The molecule has 1 aliphatic heterocycles. The van der Waals surface area contributed by atoms with Gasteiger partial charge >= 0.3 is 0 Å². The second-order valence-corrected chi connectivity index (χ2v) is 2.65. The molecule has 0 amide bonds. The second kappa shape index (κ2) is 3.49. The highest BCUT2D eigenvalue weighted by atomic mass is 16.5. The average molecular weight is 166 g/mol. The number of nitrogens with zero attached hydrogens (tertiary/aromatic N) is 2. The van der Waals surface area contributed by atoms with Crippen molar-refractivity contribution in [3.05, 3.63) is 18.6 Å². The van der Waals surface area contributed by atoms with Gasteiger partial charge in [0.25, 0.3) is 0 Å². The molecular formula is C8H10N2O2. The van der Waals surface area contributed by atoms with Crippen molar-refractivity contribution in [2.45, 2.75) is 12.5 Å². The van der Waals surface area contributed by atoms with Crippen molar-refractivity contribution in [2.24, 2.45) is 0 Å². The van der Waals surface area contributed by atoms with E-state index < -0.39 is 0 Å². The summed E-state index contributed by atoms with van der Waals surface area (Å²) in [4.78, 5) is 7.90. The molecule has 1 aliphatic rings. The third kappa shape index (κ3) is 1.71. The Morgan fingerprint density at radius 1 is 1.50 bits per heavy atom. The number of aromatic nitrogens is 2. The van der Waals surface area contributed by atoms with E-state index in [1.54, 1.807) is 18.6 Å². The van der Waals surface area contributed by atoms with E-state index in [0.717, 1.165) is 13.0 Å². The highest BCUT2D eigenvalue weighted by Gasteiger charge is 2.17. The molecule has 2 heterocycles. The lowest BCUT2D eigenvalue weighted by Gasteiger charge is -2.08. The van der Waals surface area contributed by atoms with Crippen molar-refractivity contribution in [3.8, 4) is 5.88 Å². The molecule has 4 heteroatoms. The first-order valence-corrected chi connectivity index (χ1v) is 3.95. The zero-order valence-electron chi connectivity index (χ0n) is 6.64. The van der Waals surface area contributed by atoms with Gasteiger partial charge in [-0.25, -0.2) is 4.98 Å². The zero-order valence-corrected chi connectivity index (χ0v) is 6.64. The number of hydrogen-bond acceptors (Lipinski definition) is 4. The molecule has 1 unspecified atom stereocenters. The fraction of sp³-hybridized carbons (Fsp3) is 0.500. The van der Waals surface area contributed by atoms with Crippen molar-refractivity contribution in [3.63, 3.8) is 0 Å². The van der Waals surface area contributed by atoms with E-state index in [1.807, 2.05) is 0 Å². The van der Waals surface area contributed by atoms with E-state index in [1.165, 1.54) is 0 Å². The Morgan fingerprint density at radius 2 is 2.50 bits per heavy atom. The lowest BCUT2D eigenvalue weighted by atomic mass is 10.3. The van der Waals surface area contributed by atoms with Gasteiger partial charge in [-0.3, -0.25) is 4.98 Å². The predicted octanol–water partition coefficient (Wildman–Crippen LogP) is 0.644. The van der Waals surface area contributed by atoms with E-state index in [0.29, 0.717) is 12.5 Å². The van der Waals surface area contributed by atoms with Gasteiger partial charge < -0.3 is 9.47 Å². The highest BCUT2D eigenvalue weighted by Crippen LogP contribution is 2.11. The number of rotatable bonds is 2. The van der Waals surface area contributed by atoms with Crippen LogP contribution >= 0.6 is 0 Å². The van der Waals surface area contributed by atoms with E-state index in [4.69, 9.17) is 9.47 Å². The SMILES string of the molecule is c1cnc(OC2CCOC2)cn1. The van der Waals surface area contributed by atoms with Crippen LogP contribution in [0, 0.1) is 0 Å². The molecule has 64 valence electrons. The topological polar surface area (TPSA) is 44.2 Å². The summed E-state index contributed by atoms with van der Waals surface area (Å²) in [7, 11) is 0. The van der Waals surface area contributed by atoms with Crippen molar-refractivity contribution < 1.29 is 9.47 Å². The smallest absolute Gasteiger partial charge is 0.232 e. The Morgan fingerprint density at radius 3 is 3.17 bits per heavy atom. The lowest BCUT2D eigenvalue weighted by Crippen LogP contribution is -2.16. The fourth-order valence-electron chi connectivity index (χ4n) is 1.12. The van der Waals surface area contributed by atoms with Gasteiger partial charge in [-0.05, 0) is 0 Å². The van der Waals surface area contributed by atoms with Crippen LogP contribution in [0.1, 0.15) is 6.42 Å². The summed E-state index contributed by atoms with van der Waals surface area (Å²) in [6, 6.07) is 0. The molecule has 4 nitrogen and oxygen atoms in total. The zero-order chi connectivity index (χ0) is 8.23. The molecule has 0 radical (unpaired) electrons. The monoisotopic (exact) mass is 166 g/mol. The van der Waals surface area contributed by atoms with E-state index >= 15 is 0 Å². The molecule has 1 aromatic heterocycles. The molecule has 1 saturated heterocycles. The highest BCUT2D eigenvalue weighted by molar-refractivity contribution is 5.02. The standard InChI is InChI=1S/C8H10N2O2/c1-4-11-6-7(1)12-8-5-9-2-3-10-8/h2-3,5,7H,1,4,6H2. The van der Waals surface area contributed by atoms with Crippen LogP contribution in [0.2, 0.25) is 0 Å². The Hall–Kier alpha value is -1.16. The molecule has 1 fully saturated rings. The quantitative estimate of drug-likeness (QED) is 0.646. The third-order valence-corrected chi connectivity index (χ3v) is 1.71. The van der Waals surface area contributed by atoms with E-state index in [9.17, 15) is 0 Å². The third-order valence-electron chi connectivity index (χ3n) is 1.71. The van der Waals surface area contributed by atoms with Crippen LogP contribution in [0.25, 0.3) is 0 Å². The molecule has 1 aromatic rings. The molecule has 0 spiro atoms. The van der Waals surface area contributed by atoms with Crippen molar-refractivity contribution in [2.75, 3.05) is 13.2 Å². The number of hydrogen-bond donors (Lipinski definition) is 0. The summed E-state index contributed by atoms with van der Waals surface area (Å²) >= 11 is 0. The van der Waals surface area contributed by atoms with Crippen LogP contribution in [-0.2, 0) is 4.74 Å². The Balaban J connectivity index is 1.94. The van der Waals surface area contributed by atoms with Gasteiger partial charge in [0.1, 0.15) is 6.10 Å². The summed E-state index contributed by atoms with van der Waals surface area (Å²) < 4.78 is 10.6. The summed E-state index contributed by atoms with van der Waals surface area (Å²) in [5, 5.41) is 0. The number of ether oxygens (including phenoxy) is 2. The molecule has 0 saturated carbocycles. The van der Waals surface area contributed by atoms with E-state index in [-0.39, 0.29) is 6.10 Å². The molecule has 12 heavy (non-hydrogen) atoms. The van der Waals surface area contributed by atoms with Gasteiger partial charge in [-0.1, -0.05) is 0 Å². The van der Waals surface area contributed by atoms with Gasteiger partial charge in [-0.15, -0.1) is 0 Å². The Kier molecular flexibility index (Phi) is 2.18. The fourth-order valence-corrected chi connectivity index (χ4v) is 1.12. The minimum absolute atomic E-state index is 0.154. The second-order valence-electron chi connectivity index (χ2n) is 2.65. The van der Waals surface area contributed by atoms with Crippen LogP contribution < -0.4 is 4.74 Å². The largest absolute Gasteiger partial charge is 0.471 e. The molecule has 0 bridgehead atoms.